The van der Waals surface area contributed by atoms with E-state index < -0.39 is 21.2 Å². The smallest absolute Gasteiger partial charge is 0.310 e. The highest BCUT2D eigenvalue weighted by molar-refractivity contribution is 7.99. The summed E-state index contributed by atoms with van der Waals surface area (Å²) in [7, 11) is -2.03. The molecule has 2 unspecified atom stereocenters. The molecule has 7 heteroatoms. The van der Waals surface area contributed by atoms with Gasteiger partial charge < -0.3 is 4.74 Å². The van der Waals surface area contributed by atoms with Gasteiger partial charge in [-0.05, 0) is 12.8 Å². The van der Waals surface area contributed by atoms with E-state index in [0.29, 0.717) is 25.9 Å². The fraction of sp³-hybridized carbons (Fsp3) is 0.909. The number of hydrogen-bond acceptors (Lipinski definition) is 5. The molecule has 1 aliphatic carbocycles. The van der Waals surface area contributed by atoms with Crippen molar-refractivity contribution in [3.05, 3.63) is 0 Å². The van der Waals surface area contributed by atoms with Crippen LogP contribution in [0.25, 0.3) is 0 Å². The molecule has 2 aliphatic rings. The number of carbonyl (C=O) groups excluding carboxylic acids is 1. The van der Waals surface area contributed by atoms with Crippen LogP contribution in [0.4, 0.5) is 0 Å². The maximum Gasteiger partial charge on any atom is 0.310 e. The molecule has 2 fully saturated rings. The number of esters is 1. The van der Waals surface area contributed by atoms with Gasteiger partial charge in [0.15, 0.2) is 0 Å². The first-order valence-corrected chi connectivity index (χ1v) is 8.87. The van der Waals surface area contributed by atoms with Gasteiger partial charge in [0.05, 0.1) is 18.3 Å². The Balaban J connectivity index is 2.15. The average molecular weight is 293 g/mol. The van der Waals surface area contributed by atoms with Crippen LogP contribution in [0, 0.1) is 5.92 Å². The molecule has 0 aromatic heterocycles. The van der Waals surface area contributed by atoms with Gasteiger partial charge in [-0.15, -0.1) is 0 Å². The molecule has 1 heterocycles. The highest BCUT2D eigenvalue weighted by Crippen LogP contribution is 2.34. The van der Waals surface area contributed by atoms with Crippen LogP contribution in [0.15, 0.2) is 0 Å². The minimum atomic E-state index is -3.35. The first kappa shape index (κ1) is 14.1. The number of methoxy groups -OCH3 is 1. The summed E-state index contributed by atoms with van der Waals surface area (Å²) in [5.74, 6) is 0.825. The van der Waals surface area contributed by atoms with Gasteiger partial charge >= 0.3 is 5.97 Å². The van der Waals surface area contributed by atoms with Crippen LogP contribution < -0.4 is 0 Å². The normalized spacial score (nSPS) is 30.3. The highest BCUT2D eigenvalue weighted by Gasteiger charge is 2.44. The van der Waals surface area contributed by atoms with Gasteiger partial charge in [-0.3, -0.25) is 4.79 Å². The molecule has 1 saturated heterocycles. The second kappa shape index (κ2) is 5.79. The molecule has 0 spiro atoms. The summed E-state index contributed by atoms with van der Waals surface area (Å²) in [5, 5.41) is -0.576. The van der Waals surface area contributed by atoms with Gasteiger partial charge in [-0.2, -0.15) is 11.8 Å². The second-order valence-corrected chi connectivity index (χ2v) is 8.03. The zero-order valence-corrected chi connectivity index (χ0v) is 12.1. The summed E-state index contributed by atoms with van der Waals surface area (Å²) in [5.41, 5.74) is 0. The predicted octanol–water partition coefficient (Wildman–Crippen LogP) is 0.707. The van der Waals surface area contributed by atoms with Crippen molar-refractivity contribution in [3.63, 3.8) is 0 Å². The van der Waals surface area contributed by atoms with Crippen molar-refractivity contribution in [2.75, 3.05) is 31.7 Å². The van der Waals surface area contributed by atoms with Crippen molar-refractivity contribution in [2.24, 2.45) is 5.92 Å². The van der Waals surface area contributed by atoms with Gasteiger partial charge in [0.2, 0.25) is 10.0 Å². The van der Waals surface area contributed by atoms with E-state index in [2.05, 4.69) is 0 Å². The lowest BCUT2D eigenvalue weighted by atomic mass is 10.1. The van der Waals surface area contributed by atoms with Crippen LogP contribution in [0.1, 0.15) is 19.3 Å². The van der Waals surface area contributed by atoms with Gasteiger partial charge in [0.25, 0.3) is 0 Å². The first-order valence-electron chi connectivity index (χ1n) is 6.22. The Morgan fingerprint density at radius 2 is 1.94 bits per heavy atom. The molecule has 0 bridgehead atoms. The second-order valence-electron chi connectivity index (χ2n) is 4.66. The molecular weight excluding hydrogens is 274 g/mol. The van der Waals surface area contributed by atoms with Crippen LogP contribution in [0.2, 0.25) is 0 Å². The third-order valence-corrected chi connectivity index (χ3v) is 7.03. The highest BCUT2D eigenvalue weighted by atomic mass is 32.2. The minimum Gasteiger partial charge on any atom is -0.469 e. The molecule has 104 valence electrons. The van der Waals surface area contributed by atoms with Crippen molar-refractivity contribution in [1.82, 2.24) is 4.31 Å². The van der Waals surface area contributed by atoms with Crippen molar-refractivity contribution in [1.29, 1.82) is 0 Å². The zero-order chi connectivity index (χ0) is 13.2. The van der Waals surface area contributed by atoms with E-state index in [-0.39, 0.29) is 5.97 Å². The van der Waals surface area contributed by atoms with E-state index in [4.69, 9.17) is 4.74 Å². The van der Waals surface area contributed by atoms with Crippen molar-refractivity contribution >= 4 is 27.8 Å². The third kappa shape index (κ3) is 2.67. The topological polar surface area (TPSA) is 63.7 Å². The summed E-state index contributed by atoms with van der Waals surface area (Å²) >= 11 is 1.77. The molecule has 1 aliphatic heterocycles. The Labute approximate surface area is 112 Å². The van der Waals surface area contributed by atoms with E-state index >= 15 is 0 Å². The van der Waals surface area contributed by atoms with Crippen molar-refractivity contribution in [3.8, 4) is 0 Å². The number of sulfonamides is 1. The molecule has 2 rings (SSSR count). The Hall–Kier alpha value is -0.270. The number of carbonyl (C=O) groups is 1. The fourth-order valence-corrected chi connectivity index (χ4v) is 6.03. The fourth-order valence-electron chi connectivity index (χ4n) is 2.70. The van der Waals surface area contributed by atoms with Gasteiger partial charge in [-0.25, -0.2) is 12.7 Å². The SMILES string of the molecule is COC(=O)C1CCCC1S(=O)(=O)N1CCSCC1. The molecule has 18 heavy (non-hydrogen) atoms. The summed E-state index contributed by atoms with van der Waals surface area (Å²) in [6.45, 7) is 1.13. The van der Waals surface area contributed by atoms with Gasteiger partial charge in [-0.1, -0.05) is 6.42 Å². The maximum absolute atomic E-state index is 12.5. The molecule has 2 atom stereocenters. The molecule has 5 nitrogen and oxygen atoms in total. The Morgan fingerprint density at radius 1 is 1.28 bits per heavy atom. The average Bonchev–Trinajstić information content (AvgIpc) is 2.89. The third-order valence-electron chi connectivity index (χ3n) is 3.67. The molecule has 0 aromatic carbocycles. The lowest BCUT2D eigenvalue weighted by Crippen LogP contribution is -2.45. The molecule has 0 aromatic rings. The summed E-state index contributed by atoms with van der Waals surface area (Å²) in [6.07, 6.45) is 1.98. The van der Waals surface area contributed by atoms with Gasteiger partial charge in [0.1, 0.15) is 0 Å². The first-order chi connectivity index (χ1) is 8.57. The molecule has 1 saturated carbocycles. The number of rotatable bonds is 3. The number of thioether (sulfide) groups is 1. The number of ether oxygens (including phenoxy) is 1. The molecule has 0 N–H and O–H groups in total. The summed E-state index contributed by atoms with van der Waals surface area (Å²) < 4.78 is 31.3. The van der Waals surface area contributed by atoms with Crippen LogP contribution in [0.3, 0.4) is 0 Å². The minimum absolute atomic E-state index is 0.382. The zero-order valence-electron chi connectivity index (χ0n) is 10.5. The standard InChI is InChI=1S/C11H19NO4S2/c1-16-11(13)9-3-2-4-10(9)18(14,15)12-5-7-17-8-6-12/h9-10H,2-8H2,1H3. The molecular formula is C11H19NO4S2. The van der Waals surface area contributed by atoms with Crippen molar-refractivity contribution in [2.45, 2.75) is 24.5 Å². The largest absolute Gasteiger partial charge is 0.469 e. The predicted molar refractivity (Wildman–Crippen MR) is 71.0 cm³/mol. The molecule has 0 amide bonds. The van der Waals surface area contributed by atoms with Crippen LogP contribution in [-0.2, 0) is 19.6 Å². The van der Waals surface area contributed by atoms with E-state index in [9.17, 15) is 13.2 Å². The Kier molecular flexibility index (Phi) is 4.55. The monoisotopic (exact) mass is 293 g/mol. The Morgan fingerprint density at radius 3 is 2.56 bits per heavy atom. The van der Waals surface area contributed by atoms with E-state index in [0.717, 1.165) is 17.9 Å². The van der Waals surface area contributed by atoms with E-state index in [1.165, 1.54) is 7.11 Å². The Bertz CT molecular complexity index is 403. The quantitative estimate of drug-likeness (QED) is 0.717. The van der Waals surface area contributed by atoms with Crippen molar-refractivity contribution < 1.29 is 17.9 Å². The van der Waals surface area contributed by atoms with Crippen LogP contribution in [0.5, 0.6) is 0 Å². The summed E-state index contributed by atoms with van der Waals surface area (Å²) in [6, 6.07) is 0. The van der Waals surface area contributed by atoms with Crippen LogP contribution in [-0.4, -0.2) is 55.6 Å². The van der Waals surface area contributed by atoms with E-state index in [1.807, 2.05) is 0 Å². The van der Waals surface area contributed by atoms with Gasteiger partial charge in [0, 0.05) is 24.6 Å². The van der Waals surface area contributed by atoms with E-state index in [1.54, 1.807) is 16.1 Å². The maximum atomic E-state index is 12.5. The molecule has 0 radical (unpaired) electrons. The number of nitrogens with zero attached hydrogens (tertiary/aromatic N) is 1. The lowest BCUT2D eigenvalue weighted by Gasteiger charge is -2.30. The van der Waals surface area contributed by atoms with Crippen LogP contribution >= 0.6 is 11.8 Å². The number of hydrogen-bond donors (Lipinski definition) is 0. The lowest BCUT2D eigenvalue weighted by molar-refractivity contribution is -0.145. The summed E-state index contributed by atoms with van der Waals surface area (Å²) in [4.78, 5) is 11.6.